The minimum Gasteiger partial charge on any atom is -0.353 e. The lowest BCUT2D eigenvalue weighted by Gasteiger charge is -2.25. The summed E-state index contributed by atoms with van der Waals surface area (Å²) >= 11 is 0. The highest BCUT2D eigenvalue weighted by molar-refractivity contribution is 5.88. The topological polar surface area (TPSA) is 167 Å². The Morgan fingerprint density at radius 2 is 1.54 bits per heavy atom. The molecule has 14 nitrogen and oxygen atoms in total. The van der Waals surface area contributed by atoms with E-state index >= 15 is 0 Å². The first kappa shape index (κ1) is 34.8. The van der Waals surface area contributed by atoms with Gasteiger partial charge in [-0.25, -0.2) is 14.3 Å². The van der Waals surface area contributed by atoms with Crippen molar-refractivity contribution in [1.29, 1.82) is 0 Å². The quantitative estimate of drug-likeness (QED) is 0.143. The molecule has 2 amide bonds. The predicted octanol–water partition coefficient (Wildman–Crippen LogP) is -0.860. The summed E-state index contributed by atoms with van der Waals surface area (Å²) in [4.78, 5) is 64.4. The summed E-state index contributed by atoms with van der Waals surface area (Å²) in [7, 11) is 1.72. The van der Waals surface area contributed by atoms with Gasteiger partial charge in [-0.15, -0.1) is 0 Å². The molecule has 3 aliphatic heterocycles. The molecule has 3 aliphatic rings. The van der Waals surface area contributed by atoms with Crippen LogP contribution in [0.15, 0.2) is 52.1 Å². The van der Waals surface area contributed by atoms with E-state index in [0.717, 1.165) is 79.1 Å². The molecule has 48 heavy (non-hydrogen) atoms. The second-order valence-corrected chi connectivity index (χ2v) is 12.2. The van der Waals surface area contributed by atoms with Crippen molar-refractivity contribution in [1.82, 2.24) is 50.6 Å². The molecule has 2 aromatic rings. The molecule has 5 N–H and O–H groups in total. The molecule has 1 saturated heterocycles. The zero-order valence-electron chi connectivity index (χ0n) is 28.0. The molecule has 0 spiro atoms. The molecule has 0 radical (unpaired) electrons. The van der Waals surface area contributed by atoms with Gasteiger partial charge >= 0.3 is 5.69 Å². The first-order valence-corrected chi connectivity index (χ1v) is 16.6. The van der Waals surface area contributed by atoms with Crippen LogP contribution in [0.1, 0.15) is 16.7 Å². The molecule has 0 saturated carbocycles. The number of nitrogens with zero attached hydrogens (tertiary/aromatic N) is 5. The maximum absolute atomic E-state index is 13.5. The van der Waals surface area contributed by atoms with Crippen molar-refractivity contribution in [3.8, 4) is 11.5 Å². The van der Waals surface area contributed by atoms with E-state index in [1.165, 1.54) is 0 Å². The minimum atomic E-state index is -0.924. The van der Waals surface area contributed by atoms with E-state index in [-0.39, 0.29) is 23.8 Å². The molecule has 5 rings (SSSR count). The van der Waals surface area contributed by atoms with Gasteiger partial charge in [0.2, 0.25) is 11.8 Å². The van der Waals surface area contributed by atoms with Gasteiger partial charge in [0.1, 0.15) is 12.6 Å². The highest BCUT2D eigenvalue weighted by atomic mass is 16.2. The zero-order chi connectivity index (χ0) is 34.0. The molecule has 0 aliphatic carbocycles. The summed E-state index contributed by atoms with van der Waals surface area (Å²) in [5.41, 5.74) is 2.64. The van der Waals surface area contributed by atoms with Crippen LogP contribution in [-0.4, -0.2) is 107 Å². The molecule has 2 aromatic carbocycles. The maximum atomic E-state index is 13.5. The summed E-state index contributed by atoms with van der Waals surface area (Å²) in [6.45, 7) is 11.4. The van der Waals surface area contributed by atoms with Crippen molar-refractivity contribution in [3.63, 3.8) is 0 Å². The number of amides is 2. The van der Waals surface area contributed by atoms with E-state index in [4.69, 9.17) is 0 Å². The SMILES string of the molecule is Cc1cc2nc3c(=O)n(CC(=O)N[C@@H](Cc4ccccc4)C(=O)NCCN4CCNCCNCCNCC4)c(=O)nc-3n(C)c2cc1C. The van der Waals surface area contributed by atoms with E-state index in [0.29, 0.717) is 18.6 Å². The molecular weight excluding hydrogens is 612 g/mol. The molecule has 0 unspecified atom stereocenters. The second kappa shape index (κ2) is 16.6. The van der Waals surface area contributed by atoms with E-state index in [2.05, 4.69) is 41.5 Å². The summed E-state index contributed by atoms with van der Waals surface area (Å²) in [6.07, 6.45) is 0.237. The standard InChI is InChI=1S/C34H46N10O4/c1-23-19-26-28(20-24(23)2)42(3)31-30(40-26)33(47)44(34(48)41-31)22-29(45)39-27(21-25-7-5-4-6-8-25)32(46)38-15-18-43-16-13-36-11-9-35-10-12-37-14-17-43/h4-8,19-20,27,35-37H,9-18,21-22H2,1-3H3,(H,38,46)(H,39,45)/t27-/m0/s1. The fraction of sp³-hybridized carbons (Fsp3) is 0.471. The van der Waals surface area contributed by atoms with E-state index in [9.17, 15) is 19.2 Å². The second-order valence-electron chi connectivity index (χ2n) is 12.2. The Bertz CT molecular complexity index is 1790. The lowest BCUT2D eigenvalue weighted by atomic mass is 10.1. The number of benzene rings is 2. The summed E-state index contributed by atoms with van der Waals surface area (Å²) in [6, 6.07) is 12.3. The smallest absolute Gasteiger partial charge is 0.353 e. The van der Waals surface area contributed by atoms with Gasteiger partial charge < -0.3 is 31.2 Å². The third-order valence-electron chi connectivity index (χ3n) is 8.72. The number of fused-ring (bicyclic) bond motifs is 2. The first-order valence-electron chi connectivity index (χ1n) is 16.6. The fourth-order valence-corrected chi connectivity index (χ4v) is 5.81. The van der Waals surface area contributed by atoms with Crippen LogP contribution in [-0.2, 0) is 29.6 Å². The summed E-state index contributed by atoms with van der Waals surface area (Å²) in [5, 5.41) is 16.0. The Balaban J connectivity index is 1.29. The van der Waals surface area contributed by atoms with Gasteiger partial charge in [-0.05, 0) is 42.7 Å². The van der Waals surface area contributed by atoms with Crippen LogP contribution in [0.25, 0.3) is 22.6 Å². The van der Waals surface area contributed by atoms with Gasteiger partial charge in [0.15, 0.2) is 11.5 Å². The summed E-state index contributed by atoms with van der Waals surface area (Å²) < 4.78 is 2.44. The van der Waals surface area contributed by atoms with Crippen LogP contribution < -0.4 is 37.8 Å². The van der Waals surface area contributed by atoms with Crippen LogP contribution in [0.2, 0.25) is 0 Å². The summed E-state index contributed by atoms with van der Waals surface area (Å²) in [5.74, 6) is -0.863. The maximum Gasteiger partial charge on any atom is 0.353 e. The molecule has 1 atom stereocenters. The average molecular weight is 659 g/mol. The van der Waals surface area contributed by atoms with Gasteiger partial charge in [-0.2, -0.15) is 4.98 Å². The molecule has 0 aromatic heterocycles. The van der Waals surface area contributed by atoms with Crippen molar-refractivity contribution in [2.75, 3.05) is 65.4 Å². The Kier molecular flexibility index (Phi) is 12.0. The highest BCUT2D eigenvalue weighted by Crippen LogP contribution is 2.22. The number of hydrogen-bond donors (Lipinski definition) is 5. The van der Waals surface area contributed by atoms with E-state index in [1.807, 2.05) is 56.3 Å². The Morgan fingerprint density at radius 1 is 0.896 bits per heavy atom. The lowest BCUT2D eigenvalue weighted by molar-refractivity contribution is -0.129. The monoisotopic (exact) mass is 658 g/mol. The van der Waals surface area contributed by atoms with Crippen molar-refractivity contribution in [2.45, 2.75) is 32.9 Å². The molecule has 3 heterocycles. The number of aromatic nitrogens is 4. The molecule has 1 fully saturated rings. The van der Waals surface area contributed by atoms with Gasteiger partial charge in [0.25, 0.3) is 5.56 Å². The van der Waals surface area contributed by atoms with Gasteiger partial charge in [0.05, 0.1) is 11.0 Å². The van der Waals surface area contributed by atoms with Gasteiger partial charge in [-0.3, -0.25) is 19.3 Å². The number of rotatable bonds is 9. The predicted molar refractivity (Wildman–Crippen MR) is 185 cm³/mol. The molecule has 256 valence electrons. The number of carbonyl (C=O) groups excluding carboxylic acids is 2. The van der Waals surface area contributed by atoms with E-state index in [1.54, 1.807) is 11.6 Å². The average Bonchev–Trinajstić information content (AvgIpc) is 3.06. The Morgan fingerprint density at radius 3 is 2.23 bits per heavy atom. The normalized spacial score (nSPS) is 15.8. The molecule has 0 bridgehead atoms. The third-order valence-corrected chi connectivity index (χ3v) is 8.72. The van der Waals surface area contributed by atoms with Crippen LogP contribution in [0.4, 0.5) is 0 Å². The van der Waals surface area contributed by atoms with E-state index < -0.39 is 29.7 Å². The van der Waals surface area contributed by atoms with Crippen molar-refractivity contribution in [2.24, 2.45) is 7.05 Å². The minimum absolute atomic E-state index is 0.0111. The highest BCUT2D eigenvalue weighted by Gasteiger charge is 2.25. The fourth-order valence-electron chi connectivity index (χ4n) is 5.81. The van der Waals surface area contributed by atoms with Crippen molar-refractivity contribution >= 4 is 22.8 Å². The Hall–Kier alpha value is -4.50. The first-order chi connectivity index (χ1) is 23.2. The van der Waals surface area contributed by atoms with Crippen molar-refractivity contribution < 1.29 is 9.59 Å². The lowest BCUT2D eigenvalue weighted by Crippen LogP contribution is -2.52. The van der Waals surface area contributed by atoms with Gasteiger partial charge in [0, 0.05) is 78.9 Å². The van der Waals surface area contributed by atoms with Crippen LogP contribution in [0, 0.1) is 13.8 Å². The van der Waals surface area contributed by atoms with Crippen LogP contribution >= 0.6 is 0 Å². The van der Waals surface area contributed by atoms with Crippen LogP contribution in [0.5, 0.6) is 0 Å². The Labute approximate surface area is 279 Å². The number of hydrogen-bond acceptors (Lipinski definition) is 10. The number of carbonyl (C=O) groups is 2. The number of aryl methyl sites for hydroxylation is 3. The molecular formula is C34H46N10O4. The largest absolute Gasteiger partial charge is 0.353 e. The van der Waals surface area contributed by atoms with Crippen molar-refractivity contribution in [3.05, 3.63) is 80.0 Å². The molecule has 14 heteroatoms. The third kappa shape index (κ3) is 8.89. The van der Waals surface area contributed by atoms with Crippen LogP contribution in [0.3, 0.4) is 0 Å². The number of nitrogens with one attached hydrogen (secondary N) is 5. The van der Waals surface area contributed by atoms with Gasteiger partial charge in [-0.1, -0.05) is 30.3 Å². The zero-order valence-corrected chi connectivity index (χ0v) is 28.0.